The molecule has 0 aromatic heterocycles. The molecule has 2 N–H and O–H groups in total. The first-order valence-electron chi connectivity index (χ1n) is 5.76. The van der Waals surface area contributed by atoms with Crippen molar-refractivity contribution in [2.45, 2.75) is 4.90 Å². The second kappa shape index (κ2) is 6.92. The molecule has 0 atom stereocenters. The fourth-order valence-electron chi connectivity index (χ4n) is 1.59. The zero-order valence-corrected chi connectivity index (χ0v) is 13.0. The van der Waals surface area contributed by atoms with Crippen molar-refractivity contribution in [2.24, 2.45) is 0 Å². The van der Waals surface area contributed by atoms with Gasteiger partial charge in [0.2, 0.25) is 0 Å². The van der Waals surface area contributed by atoms with Gasteiger partial charge < -0.3 is 10.6 Å². The van der Waals surface area contributed by atoms with Crippen LogP contribution < -0.4 is 10.6 Å². The van der Waals surface area contributed by atoms with Crippen molar-refractivity contribution in [3.8, 4) is 0 Å². The summed E-state index contributed by atoms with van der Waals surface area (Å²) in [4.78, 5) is 1.12. The molecule has 2 rings (SSSR count). The predicted octanol–water partition coefficient (Wildman–Crippen LogP) is 5.01. The molecule has 0 spiro atoms. The first kappa shape index (κ1) is 15.1. The van der Waals surface area contributed by atoms with Gasteiger partial charge in [0, 0.05) is 10.6 Å². The predicted molar refractivity (Wildman–Crippen MR) is 89.5 cm³/mol. The van der Waals surface area contributed by atoms with Gasteiger partial charge in [-0.3, -0.25) is 0 Å². The van der Waals surface area contributed by atoms with Crippen LogP contribution in [-0.4, -0.2) is 11.4 Å². The van der Waals surface area contributed by atoms with E-state index in [0.717, 1.165) is 10.6 Å². The van der Waals surface area contributed by atoms with Crippen molar-refractivity contribution < 1.29 is 4.39 Å². The molecule has 0 saturated carbocycles. The molecule has 0 bridgehead atoms. The number of halogens is 2. The quantitative estimate of drug-likeness (QED) is 0.611. The lowest BCUT2D eigenvalue weighted by Gasteiger charge is -2.12. The molecular weight excluding hydrogens is 315 g/mol. The van der Waals surface area contributed by atoms with Crippen LogP contribution in [0.3, 0.4) is 0 Å². The van der Waals surface area contributed by atoms with Crippen molar-refractivity contribution >= 4 is 52.1 Å². The highest BCUT2D eigenvalue weighted by Gasteiger charge is 2.07. The van der Waals surface area contributed by atoms with Crippen molar-refractivity contribution in [3.05, 3.63) is 53.3 Å². The van der Waals surface area contributed by atoms with Gasteiger partial charge in [-0.25, -0.2) is 4.39 Å². The Labute approximate surface area is 131 Å². The van der Waals surface area contributed by atoms with Crippen LogP contribution >= 0.6 is 35.6 Å². The largest absolute Gasteiger partial charge is 0.332 e. The molecule has 0 aliphatic rings. The zero-order valence-electron chi connectivity index (χ0n) is 10.6. The van der Waals surface area contributed by atoms with E-state index in [9.17, 15) is 4.39 Å². The Balaban J connectivity index is 2.07. The van der Waals surface area contributed by atoms with E-state index in [1.165, 1.54) is 6.07 Å². The number of rotatable bonds is 3. The first-order chi connectivity index (χ1) is 9.60. The van der Waals surface area contributed by atoms with Crippen LogP contribution in [0.5, 0.6) is 0 Å². The Morgan fingerprint density at radius 3 is 2.70 bits per heavy atom. The van der Waals surface area contributed by atoms with Crippen molar-refractivity contribution in [1.82, 2.24) is 0 Å². The number of thioether (sulfide) groups is 1. The number of hydrogen-bond donors (Lipinski definition) is 2. The average molecular weight is 327 g/mol. The van der Waals surface area contributed by atoms with Crippen molar-refractivity contribution in [3.63, 3.8) is 0 Å². The Kier molecular flexibility index (Phi) is 5.23. The maximum Gasteiger partial charge on any atom is 0.175 e. The zero-order chi connectivity index (χ0) is 14.5. The van der Waals surface area contributed by atoms with Gasteiger partial charge in [-0.15, -0.1) is 11.8 Å². The highest BCUT2D eigenvalue weighted by molar-refractivity contribution is 7.98. The SMILES string of the molecule is CSc1cccc(NC(=S)Nc2cccc(Cl)c2F)c1. The molecule has 104 valence electrons. The van der Waals surface area contributed by atoms with E-state index in [-0.39, 0.29) is 10.7 Å². The molecule has 0 heterocycles. The summed E-state index contributed by atoms with van der Waals surface area (Å²) in [6.45, 7) is 0. The monoisotopic (exact) mass is 326 g/mol. The van der Waals surface area contributed by atoms with Gasteiger partial charge >= 0.3 is 0 Å². The van der Waals surface area contributed by atoms with Crippen LogP contribution in [0.2, 0.25) is 5.02 Å². The smallest absolute Gasteiger partial charge is 0.175 e. The van der Waals surface area contributed by atoms with Gasteiger partial charge in [0.15, 0.2) is 10.9 Å². The maximum absolute atomic E-state index is 13.7. The van der Waals surface area contributed by atoms with E-state index in [2.05, 4.69) is 10.6 Å². The van der Waals surface area contributed by atoms with Gasteiger partial charge in [0.1, 0.15) is 0 Å². The van der Waals surface area contributed by atoms with E-state index in [1.807, 2.05) is 30.5 Å². The van der Waals surface area contributed by atoms with Crippen LogP contribution in [0.1, 0.15) is 0 Å². The number of anilines is 2. The van der Waals surface area contributed by atoms with Crippen LogP contribution in [0.25, 0.3) is 0 Å². The van der Waals surface area contributed by atoms with Gasteiger partial charge in [-0.1, -0.05) is 23.7 Å². The molecule has 0 radical (unpaired) electrons. The number of hydrogen-bond acceptors (Lipinski definition) is 2. The summed E-state index contributed by atoms with van der Waals surface area (Å²) in [6.07, 6.45) is 2.00. The molecule has 0 saturated heterocycles. The lowest BCUT2D eigenvalue weighted by atomic mass is 10.3. The van der Waals surface area contributed by atoms with Crippen LogP contribution in [0, 0.1) is 5.82 Å². The lowest BCUT2D eigenvalue weighted by Crippen LogP contribution is -2.19. The second-order valence-electron chi connectivity index (χ2n) is 3.91. The fraction of sp³-hybridized carbons (Fsp3) is 0.0714. The molecule has 2 nitrogen and oxygen atoms in total. The third-order valence-electron chi connectivity index (χ3n) is 2.53. The minimum absolute atomic E-state index is 0.0576. The van der Waals surface area contributed by atoms with Crippen LogP contribution in [0.4, 0.5) is 15.8 Å². The summed E-state index contributed by atoms with van der Waals surface area (Å²) in [7, 11) is 0. The molecule has 2 aromatic carbocycles. The van der Waals surface area contributed by atoms with Crippen molar-refractivity contribution in [1.29, 1.82) is 0 Å². The third kappa shape index (κ3) is 3.85. The Morgan fingerprint density at radius 1 is 1.20 bits per heavy atom. The standard InChI is InChI=1S/C14H12ClFN2S2/c1-20-10-5-2-4-9(8-10)17-14(19)18-12-7-3-6-11(15)13(12)16/h2-8H,1H3,(H2,17,18,19). The Bertz CT molecular complexity index is 634. The number of thiocarbonyl (C=S) groups is 1. The topological polar surface area (TPSA) is 24.1 Å². The van der Waals surface area contributed by atoms with Gasteiger partial charge in [0.25, 0.3) is 0 Å². The normalized spacial score (nSPS) is 10.2. The van der Waals surface area contributed by atoms with E-state index < -0.39 is 5.82 Å². The van der Waals surface area contributed by atoms with Gasteiger partial charge in [-0.2, -0.15) is 0 Å². The van der Waals surface area contributed by atoms with E-state index in [1.54, 1.807) is 23.9 Å². The molecule has 0 aliphatic heterocycles. The highest BCUT2D eigenvalue weighted by Crippen LogP contribution is 2.23. The molecule has 20 heavy (non-hydrogen) atoms. The second-order valence-corrected chi connectivity index (χ2v) is 5.61. The summed E-state index contributed by atoms with van der Waals surface area (Å²) < 4.78 is 13.7. The highest BCUT2D eigenvalue weighted by atomic mass is 35.5. The first-order valence-corrected chi connectivity index (χ1v) is 7.77. The van der Waals surface area contributed by atoms with Gasteiger partial charge in [0.05, 0.1) is 10.7 Å². The molecular formula is C14H12ClFN2S2. The summed E-state index contributed by atoms with van der Waals surface area (Å²) in [5.41, 5.74) is 1.09. The molecule has 0 aliphatic carbocycles. The maximum atomic E-state index is 13.7. The van der Waals surface area contributed by atoms with E-state index >= 15 is 0 Å². The van der Waals surface area contributed by atoms with Gasteiger partial charge in [-0.05, 0) is 48.8 Å². The number of benzene rings is 2. The van der Waals surface area contributed by atoms with Crippen LogP contribution in [-0.2, 0) is 0 Å². The molecule has 6 heteroatoms. The molecule has 0 amide bonds. The average Bonchev–Trinajstić information content (AvgIpc) is 2.44. The lowest BCUT2D eigenvalue weighted by molar-refractivity contribution is 0.632. The van der Waals surface area contributed by atoms with Crippen molar-refractivity contribution in [2.75, 3.05) is 16.9 Å². The minimum Gasteiger partial charge on any atom is -0.332 e. The summed E-state index contributed by atoms with van der Waals surface area (Å²) in [5, 5.41) is 6.17. The third-order valence-corrected chi connectivity index (χ3v) is 3.75. The molecule has 2 aromatic rings. The Hall–Kier alpha value is -1.30. The number of nitrogens with one attached hydrogen (secondary N) is 2. The summed E-state index contributed by atoms with van der Waals surface area (Å²) in [6, 6.07) is 12.5. The van der Waals surface area contributed by atoms with E-state index in [0.29, 0.717) is 5.11 Å². The van der Waals surface area contributed by atoms with E-state index in [4.69, 9.17) is 23.8 Å². The molecule has 0 unspecified atom stereocenters. The molecule has 0 fully saturated rings. The Morgan fingerprint density at radius 2 is 1.95 bits per heavy atom. The fourth-order valence-corrected chi connectivity index (χ4v) is 2.45. The summed E-state index contributed by atoms with van der Waals surface area (Å²) >= 11 is 12.5. The van der Waals surface area contributed by atoms with Crippen LogP contribution in [0.15, 0.2) is 47.4 Å². The minimum atomic E-state index is -0.517. The summed E-state index contributed by atoms with van der Waals surface area (Å²) in [5.74, 6) is -0.517.